The van der Waals surface area contributed by atoms with E-state index >= 15 is 0 Å². The first-order chi connectivity index (χ1) is 18.2. The van der Waals surface area contributed by atoms with E-state index in [0.29, 0.717) is 27.7 Å². The third-order valence-corrected chi connectivity index (χ3v) is 8.04. The molecule has 0 spiro atoms. The first-order valence-corrected chi connectivity index (χ1v) is 13.4. The van der Waals surface area contributed by atoms with E-state index < -0.39 is 15.9 Å². The second-order valence-electron chi connectivity index (χ2n) is 9.36. The number of anilines is 2. The van der Waals surface area contributed by atoms with Crippen molar-refractivity contribution in [1.82, 2.24) is 23.7 Å². The van der Waals surface area contributed by atoms with Crippen LogP contribution in [0.2, 0.25) is 0 Å². The van der Waals surface area contributed by atoms with Crippen LogP contribution in [0.1, 0.15) is 25.5 Å². The molecule has 38 heavy (non-hydrogen) atoms. The Labute approximate surface area is 218 Å². The number of carbonyl (C=O) groups excluding carboxylic acids is 1. The van der Waals surface area contributed by atoms with Crippen LogP contribution in [0.15, 0.2) is 77.1 Å². The van der Waals surface area contributed by atoms with Gasteiger partial charge in [-0.05, 0) is 68.8 Å². The predicted octanol–water partition coefficient (Wildman–Crippen LogP) is 3.11. The number of benzene rings is 2. The normalized spacial score (nSPS) is 13.0. The number of hydrogen-bond donors (Lipinski definition) is 1. The lowest BCUT2D eigenvalue weighted by molar-refractivity contribution is -0.112. The predicted molar refractivity (Wildman–Crippen MR) is 143 cm³/mol. The van der Waals surface area contributed by atoms with E-state index in [9.17, 15) is 13.2 Å². The quantitative estimate of drug-likeness (QED) is 0.361. The van der Waals surface area contributed by atoms with Crippen molar-refractivity contribution in [2.24, 2.45) is 4.99 Å². The molecule has 3 aromatic heterocycles. The van der Waals surface area contributed by atoms with Crippen LogP contribution in [0.3, 0.4) is 0 Å². The number of hydrogen-bond acceptors (Lipinski definition) is 7. The number of aryl methyl sites for hydroxylation is 1. The van der Waals surface area contributed by atoms with Gasteiger partial charge >= 0.3 is 0 Å². The van der Waals surface area contributed by atoms with Crippen LogP contribution >= 0.6 is 0 Å². The highest BCUT2D eigenvalue weighted by atomic mass is 32.2. The van der Waals surface area contributed by atoms with E-state index in [4.69, 9.17) is 4.98 Å². The summed E-state index contributed by atoms with van der Waals surface area (Å²) in [5, 5.41) is 9.32. The minimum atomic E-state index is -3.89. The number of fused-ring (bicyclic) bond motifs is 2. The van der Waals surface area contributed by atoms with Gasteiger partial charge in [0, 0.05) is 52.6 Å². The largest absolute Gasteiger partial charge is 0.324 e. The van der Waals surface area contributed by atoms with Crippen molar-refractivity contribution in [3.8, 4) is 11.3 Å². The first-order valence-electron chi connectivity index (χ1n) is 12.0. The molecule has 0 aliphatic carbocycles. The molecule has 2 aromatic carbocycles. The number of carbonyl (C=O) groups is 1. The molecular formula is C27H23N7O3S. The Morgan fingerprint density at radius 2 is 1.87 bits per heavy atom. The Bertz CT molecular complexity index is 1990. The van der Waals surface area contributed by atoms with Gasteiger partial charge in [0.05, 0.1) is 27.7 Å². The van der Waals surface area contributed by atoms with Gasteiger partial charge in [0.1, 0.15) is 0 Å². The molecule has 11 heteroatoms. The first kappa shape index (κ1) is 23.7. The SMILES string of the molecule is Cc1cnc(Nc2ccc3c(ccn3S(=O)(=O)c3ccc4c(c3)=CC(=O)N=4)c2)nc1-c1cnn(C(C)C)c1. The van der Waals surface area contributed by atoms with Gasteiger partial charge in [0.2, 0.25) is 5.95 Å². The summed E-state index contributed by atoms with van der Waals surface area (Å²) >= 11 is 0. The van der Waals surface area contributed by atoms with E-state index in [1.165, 1.54) is 28.4 Å². The molecule has 0 atom stereocenters. The van der Waals surface area contributed by atoms with Gasteiger partial charge in [0.15, 0.2) is 0 Å². The molecule has 1 amide bonds. The number of aromatic nitrogens is 5. The fourth-order valence-corrected chi connectivity index (χ4v) is 5.77. The second-order valence-corrected chi connectivity index (χ2v) is 11.2. The van der Waals surface area contributed by atoms with E-state index in [-0.39, 0.29) is 10.9 Å². The summed E-state index contributed by atoms with van der Waals surface area (Å²) in [6.07, 6.45) is 8.36. The summed E-state index contributed by atoms with van der Waals surface area (Å²) in [7, 11) is -3.89. The molecular weight excluding hydrogens is 502 g/mol. The van der Waals surface area contributed by atoms with Crippen molar-refractivity contribution in [3.05, 3.63) is 83.4 Å². The molecule has 0 bridgehead atoms. The molecule has 0 radical (unpaired) electrons. The Hall–Kier alpha value is -4.64. The minimum Gasteiger partial charge on any atom is -0.324 e. The van der Waals surface area contributed by atoms with Gasteiger partial charge < -0.3 is 5.32 Å². The second kappa shape index (κ2) is 8.73. The molecule has 0 saturated heterocycles. The lowest BCUT2D eigenvalue weighted by Crippen LogP contribution is -2.23. The molecule has 6 rings (SSSR count). The molecule has 1 N–H and O–H groups in total. The zero-order valence-electron chi connectivity index (χ0n) is 20.8. The third kappa shape index (κ3) is 4.06. The number of nitrogens with zero attached hydrogens (tertiary/aromatic N) is 6. The monoisotopic (exact) mass is 525 g/mol. The summed E-state index contributed by atoms with van der Waals surface area (Å²) in [5.41, 5.74) is 3.86. The summed E-state index contributed by atoms with van der Waals surface area (Å²) in [6, 6.07) is 11.8. The van der Waals surface area contributed by atoms with Crippen LogP contribution in [0, 0.1) is 6.92 Å². The van der Waals surface area contributed by atoms with Gasteiger partial charge in [-0.1, -0.05) is 0 Å². The van der Waals surface area contributed by atoms with Crippen LogP contribution < -0.4 is 15.9 Å². The van der Waals surface area contributed by atoms with Crippen molar-refractivity contribution in [2.75, 3.05) is 5.32 Å². The van der Waals surface area contributed by atoms with Gasteiger partial charge in [0.25, 0.3) is 15.9 Å². The topological polar surface area (TPSA) is 124 Å². The summed E-state index contributed by atoms with van der Waals surface area (Å²) in [4.78, 5) is 24.6. The summed E-state index contributed by atoms with van der Waals surface area (Å²) in [5.74, 6) is 0.0277. The number of nitrogens with one attached hydrogen (secondary N) is 1. The fourth-order valence-electron chi connectivity index (χ4n) is 4.38. The van der Waals surface area contributed by atoms with E-state index in [1.807, 2.05) is 23.9 Å². The van der Waals surface area contributed by atoms with Gasteiger partial charge in [-0.15, -0.1) is 0 Å². The highest BCUT2D eigenvalue weighted by Gasteiger charge is 2.20. The van der Waals surface area contributed by atoms with Crippen LogP contribution in [-0.4, -0.2) is 38.0 Å². The van der Waals surface area contributed by atoms with Gasteiger partial charge in [-0.3, -0.25) is 9.48 Å². The average Bonchev–Trinajstić information content (AvgIpc) is 3.62. The maximum absolute atomic E-state index is 13.4. The third-order valence-electron chi connectivity index (χ3n) is 6.35. The molecule has 0 unspecified atom stereocenters. The molecule has 0 fully saturated rings. The molecule has 190 valence electrons. The lowest BCUT2D eigenvalue weighted by atomic mass is 10.1. The van der Waals surface area contributed by atoms with Crippen LogP contribution in [0.4, 0.5) is 11.6 Å². The molecule has 0 saturated carbocycles. The van der Waals surface area contributed by atoms with E-state index in [2.05, 4.69) is 34.2 Å². The summed E-state index contributed by atoms with van der Waals surface area (Å²) < 4.78 is 29.9. The standard InChI is InChI=1S/C27H23N7O3S/c1-16(2)33-15-20(14-29-33)26-17(3)13-28-27(32-26)30-21-4-7-24-18(10-21)8-9-34(24)38(36,37)22-5-6-23-19(11-22)12-25(35)31-23/h4-16H,1-3H3,(H,28,30,32). The highest BCUT2D eigenvalue weighted by Crippen LogP contribution is 2.27. The highest BCUT2D eigenvalue weighted by molar-refractivity contribution is 7.90. The molecule has 10 nitrogen and oxygen atoms in total. The van der Waals surface area contributed by atoms with Crippen molar-refractivity contribution >= 4 is 44.5 Å². The maximum Gasteiger partial charge on any atom is 0.270 e. The van der Waals surface area contributed by atoms with Crippen LogP contribution in [-0.2, 0) is 14.8 Å². The van der Waals surface area contributed by atoms with Crippen molar-refractivity contribution in [2.45, 2.75) is 31.7 Å². The van der Waals surface area contributed by atoms with Gasteiger partial charge in [-0.2, -0.15) is 5.10 Å². The van der Waals surface area contributed by atoms with Crippen LogP contribution in [0.25, 0.3) is 28.2 Å². The molecule has 1 aliphatic heterocycles. The van der Waals surface area contributed by atoms with Gasteiger partial charge in [-0.25, -0.2) is 27.4 Å². The van der Waals surface area contributed by atoms with Crippen molar-refractivity contribution < 1.29 is 13.2 Å². The number of rotatable bonds is 6. The average molecular weight is 526 g/mol. The zero-order chi connectivity index (χ0) is 26.6. The Morgan fingerprint density at radius 3 is 2.66 bits per heavy atom. The van der Waals surface area contributed by atoms with E-state index in [0.717, 1.165) is 22.2 Å². The molecule has 4 heterocycles. The summed E-state index contributed by atoms with van der Waals surface area (Å²) in [6.45, 7) is 6.08. The molecule has 5 aromatic rings. The number of amides is 1. The molecule has 1 aliphatic rings. The zero-order valence-corrected chi connectivity index (χ0v) is 21.6. The van der Waals surface area contributed by atoms with Crippen molar-refractivity contribution in [3.63, 3.8) is 0 Å². The Morgan fingerprint density at radius 1 is 1.03 bits per heavy atom. The Balaban J connectivity index is 1.31. The fraction of sp³-hybridized carbons (Fsp3) is 0.148. The van der Waals surface area contributed by atoms with Crippen molar-refractivity contribution in [1.29, 1.82) is 0 Å². The maximum atomic E-state index is 13.4. The Kier molecular flexibility index (Phi) is 5.46. The smallest absolute Gasteiger partial charge is 0.270 e. The van der Waals surface area contributed by atoms with E-state index in [1.54, 1.807) is 36.7 Å². The minimum absolute atomic E-state index is 0.0819. The van der Waals surface area contributed by atoms with Crippen LogP contribution in [0.5, 0.6) is 0 Å². The lowest BCUT2D eigenvalue weighted by Gasteiger charge is -2.10.